The molecule has 194 valence electrons. The van der Waals surface area contributed by atoms with Crippen LogP contribution in [0.5, 0.6) is 0 Å². The number of hydroxylamine groups is 2. The van der Waals surface area contributed by atoms with Gasteiger partial charge in [0.25, 0.3) is 23.6 Å². The number of hydrogen-bond acceptors (Lipinski definition) is 9. The topological polar surface area (TPSA) is 149 Å². The van der Waals surface area contributed by atoms with Crippen molar-refractivity contribution in [2.75, 3.05) is 19.9 Å². The van der Waals surface area contributed by atoms with Gasteiger partial charge in [-0.25, -0.2) is 4.79 Å². The second-order valence-electron chi connectivity index (χ2n) is 9.46. The number of hydrogen-bond donors (Lipinski definition) is 1. The van der Waals surface area contributed by atoms with E-state index in [0.717, 1.165) is 4.90 Å². The molecule has 0 bridgehead atoms. The fraction of sp³-hybridized carbons (Fsp3) is 0.652. The molecular formula is C23H33N3O9. The van der Waals surface area contributed by atoms with Crippen LogP contribution in [0.25, 0.3) is 0 Å². The molecule has 2 heterocycles. The summed E-state index contributed by atoms with van der Waals surface area (Å²) in [6.07, 6.45) is 3.18. The first-order valence-electron chi connectivity index (χ1n) is 11.4. The van der Waals surface area contributed by atoms with Gasteiger partial charge in [0.15, 0.2) is 0 Å². The van der Waals surface area contributed by atoms with Gasteiger partial charge in [0.1, 0.15) is 6.73 Å². The third-order valence-corrected chi connectivity index (χ3v) is 5.52. The van der Waals surface area contributed by atoms with E-state index in [0.29, 0.717) is 24.5 Å². The second kappa shape index (κ2) is 12.0. The van der Waals surface area contributed by atoms with Crippen LogP contribution in [0.15, 0.2) is 12.2 Å². The normalized spacial score (nSPS) is 16.5. The molecule has 2 rings (SSSR count). The Hall–Kier alpha value is -3.12. The third-order valence-electron chi connectivity index (χ3n) is 5.52. The maximum absolute atomic E-state index is 12.0. The first-order valence-corrected chi connectivity index (χ1v) is 11.4. The highest BCUT2D eigenvalue weighted by atomic mass is 16.7. The van der Waals surface area contributed by atoms with E-state index >= 15 is 0 Å². The maximum Gasteiger partial charge on any atom is 0.333 e. The Bertz CT molecular complexity index is 861. The van der Waals surface area contributed by atoms with E-state index < -0.39 is 40.8 Å². The number of nitrogens with one attached hydrogen (secondary N) is 1. The summed E-state index contributed by atoms with van der Waals surface area (Å²) >= 11 is 0. The molecule has 1 saturated heterocycles. The van der Waals surface area contributed by atoms with Gasteiger partial charge in [0, 0.05) is 38.0 Å². The molecular weight excluding hydrogens is 462 g/mol. The van der Waals surface area contributed by atoms with Crippen molar-refractivity contribution in [3.8, 4) is 0 Å². The molecule has 0 spiro atoms. The minimum absolute atomic E-state index is 0.000997. The van der Waals surface area contributed by atoms with E-state index in [1.807, 2.05) is 27.7 Å². The largest absolute Gasteiger partial charge is 0.375 e. The molecule has 0 atom stereocenters. The van der Waals surface area contributed by atoms with Crippen molar-refractivity contribution in [3.05, 3.63) is 12.2 Å². The van der Waals surface area contributed by atoms with E-state index in [1.165, 1.54) is 12.2 Å². The highest BCUT2D eigenvalue weighted by Gasteiger charge is 2.33. The average Bonchev–Trinajstić information content (AvgIpc) is 3.25. The zero-order valence-electron chi connectivity index (χ0n) is 20.6. The zero-order valence-corrected chi connectivity index (χ0v) is 20.6. The van der Waals surface area contributed by atoms with E-state index in [2.05, 4.69) is 5.32 Å². The summed E-state index contributed by atoms with van der Waals surface area (Å²) in [5.74, 6) is -2.94. The molecule has 2 aliphatic rings. The smallest absolute Gasteiger partial charge is 0.333 e. The zero-order chi connectivity index (χ0) is 26.2. The molecule has 0 saturated carbocycles. The summed E-state index contributed by atoms with van der Waals surface area (Å²) in [6, 6.07) is 0. The SMILES string of the molecule is CC(C)(CCC(=O)ON1C(=O)CCC1=O)OCCC(C)(C)OCNC(=O)CCN1C(=O)C=CC1=O. The Morgan fingerprint density at radius 1 is 0.886 bits per heavy atom. The summed E-state index contributed by atoms with van der Waals surface area (Å²) in [7, 11) is 0. The van der Waals surface area contributed by atoms with Gasteiger partial charge in [-0.1, -0.05) is 0 Å². The lowest BCUT2D eigenvalue weighted by Crippen LogP contribution is -2.38. The summed E-state index contributed by atoms with van der Waals surface area (Å²) in [4.78, 5) is 75.8. The van der Waals surface area contributed by atoms with Crippen LogP contribution >= 0.6 is 0 Å². The van der Waals surface area contributed by atoms with E-state index in [-0.39, 0.29) is 44.9 Å². The second-order valence-corrected chi connectivity index (χ2v) is 9.46. The first kappa shape index (κ1) is 28.1. The predicted octanol–water partition coefficient (Wildman–Crippen LogP) is 0.743. The van der Waals surface area contributed by atoms with Gasteiger partial charge in [-0.05, 0) is 40.5 Å². The lowest BCUT2D eigenvalue weighted by Gasteiger charge is -2.29. The highest BCUT2D eigenvalue weighted by Crippen LogP contribution is 2.21. The number of imide groups is 2. The third kappa shape index (κ3) is 9.21. The van der Waals surface area contributed by atoms with Gasteiger partial charge in [-0.3, -0.25) is 28.9 Å². The van der Waals surface area contributed by atoms with Gasteiger partial charge in [0.05, 0.1) is 24.2 Å². The van der Waals surface area contributed by atoms with Crippen molar-refractivity contribution in [1.29, 1.82) is 0 Å². The summed E-state index contributed by atoms with van der Waals surface area (Å²) in [5.41, 5.74) is -1.29. The summed E-state index contributed by atoms with van der Waals surface area (Å²) in [6.45, 7) is 7.57. The Morgan fingerprint density at radius 3 is 2.06 bits per heavy atom. The predicted molar refractivity (Wildman–Crippen MR) is 120 cm³/mol. The minimum Gasteiger partial charge on any atom is -0.375 e. The monoisotopic (exact) mass is 495 g/mol. The van der Waals surface area contributed by atoms with Gasteiger partial charge in [-0.2, -0.15) is 0 Å². The van der Waals surface area contributed by atoms with Crippen molar-refractivity contribution in [2.45, 2.75) is 77.4 Å². The standard InChI is InChI=1S/C23H33N3O9/c1-22(2,11-9-21(32)35-26-19(30)7-8-20(26)31)33-14-12-23(3,4)34-15-24-16(27)10-13-25-17(28)5-6-18(25)29/h5-6H,7-15H2,1-4H3,(H,24,27). The number of rotatable bonds is 14. The van der Waals surface area contributed by atoms with Crippen molar-refractivity contribution < 1.29 is 43.1 Å². The molecule has 0 aromatic carbocycles. The van der Waals surface area contributed by atoms with Crippen molar-refractivity contribution >= 4 is 35.5 Å². The molecule has 12 nitrogen and oxygen atoms in total. The molecule has 0 aromatic heterocycles. The summed E-state index contributed by atoms with van der Waals surface area (Å²) < 4.78 is 11.6. The lowest BCUT2D eigenvalue weighted by molar-refractivity contribution is -0.198. The summed E-state index contributed by atoms with van der Waals surface area (Å²) in [5, 5.41) is 3.12. The van der Waals surface area contributed by atoms with Gasteiger partial charge in [-0.15, -0.1) is 5.06 Å². The van der Waals surface area contributed by atoms with Crippen LogP contribution in [-0.4, -0.2) is 76.6 Å². The quantitative estimate of drug-likeness (QED) is 0.272. The lowest BCUT2D eigenvalue weighted by atomic mass is 10.0. The van der Waals surface area contributed by atoms with Crippen LogP contribution in [0.4, 0.5) is 0 Å². The van der Waals surface area contributed by atoms with Gasteiger partial charge >= 0.3 is 5.97 Å². The van der Waals surface area contributed by atoms with E-state index in [4.69, 9.17) is 14.3 Å². The van der Waals surface area contributed by atoms with E-state index in [9.17, 15) is 28.8 Å². The molecule has 2 aliphatic heterocycles. The maximum atomic E-state index is 12.0. The van der Waals surface area contributed by atoms with Crippen LogP contribution in [0.2, 0.25) is 0 Å². The molecule has 0 radical (unpaired) electrons. The number of amides is 5. The molecule has 35 heavy (non-hydrogen) atoms. The number of carbonyl (C=O) groups excluding carboxylic acids is 6. The van der Waals surface area contributed by atoms with Crippen LogP contribution in [0.1, 0.15) is 66.2 Å². The number of carbonyl (C=O) groups is 6. The van der Waals surface area contributed by atoms with Crippen LogP contribution in [0, 0.1) is 0 Å². The van der Waals surface area contributed by atoms with Crippen LogP contribution in [0.3, 0.4) is 0 Å². The van der Waals surface area contributed by atoms with Crippen LogP contribution < -0.4 is 5.32 Å². The minimum atomic E-state index is -0.681. The molecule has 1 N–H and O–H groups in total. The Morgan fingerprint density at radius 2 is 1.46 bits per heavy atom. The van der Waals surface area contributed by atoms with E-state index in [1.54, 1.807) is 0 Å². The van der Waals surface area contributed by atoms with Crippen molar-refractivity contribution in [1.82, 2.24) is 15.3 Å². The Kier molecular flexibility index (Phi) is 9.66. The fourth-order valence-electron chi connectivity index (χ4n) is 3.19. The molecule has 0 aromatic rings. The van der Waals surface area contributed by atoms with Crippen LogP contribution in [-0.2, 0) is 43.1 Å². The molecule has 1 fully saturated rings. The molecule has 5 amide bonds. The van der Waals surface area contributed by atoms with Gasteiger partial charge in [0.2, 0.25) is 5.91 Å². The first-order chi connectivity index (χ1) is 16.3. The number of nitrogens with zero attached hydrogens (tertiary/aromatic N) is 2. The Labute approximate surface area is 203 Å². The Balaban J connectivity index is 1.60. The van der Waals surface area contributed by atoms with Crippen molar-refractivity contribution in [3.63, 3.8) is 0 Å². The van der Waals surface area contributed by atoms with Crippen molar-refractivity contribution in [2.24, 2.45) is 0 Å². The average molecular weight is 496 g/mol. The molecule has 0 aliphatic carbocycles. The fourth-order valence-corrected chi connectivity index (χ4v) is 3.19. The number of ether oxygens (including phenoxy) is 2. The highest BCUT2D eigenvalue weighted by molar-refractivity contribution is 6.13. The van der Waals surface area contributed by atoms with Gasteiger partial charge < -0.3 is 19.6 Å². The molecule has 12 heteroatoms. The molecule has 0 unspecified atom stereocenters.